The van der Waals surface area contributed by atoms with E-state index in [9.17, 15) is 9.90 Å². The summed E-state index contributed by atoms with van der Waals surface area (Å²) in [6, 6.07) is 20.9. The van der Waals surface area contributed by atoms with E-state index in [1.54, 1.807) is 6.07 Å². The maximum atomic E-state index is 12.9. The Bertz CT molecular complexity index is 1350. The van der Waals surface area contributed by atoms with E-state index < -0.39 is 6.16 Å². The minimum absolute atomic E-state index is 0.297. The molecule has 0 saturated heterocycles. The number of carbonyl (C=O) groups excluding carboxylic acids is 1. The Hall–Kier alpha value is -3.53. The zero-order valence-corrected chi connectivity index (χ0v) is 17.2. The molecule has 1 saturated carbocycles. The van der Waals surface area contributed by atoms with Gasteiger partial charge in [0.15, 0.2) is 0 Å². The Balaban J connectivity index is 1.43. The van der Waals surface area contributed by atoms with Gasteiger partial charge in [0.1, 0.15) is 17.2 Å². The first-order valence-corrected chi connectivity index (χ1v) is 10.8. The van der Waals surface area contributed by atoms with Crippen molar-refractivity contribution < 1.29 is 19.4 Å². The maximum absolute atomic E-state index is 12.9. The van der Waals surface area contributed by atoms with Gasteiger partial charge in [-0.3, -0.25) is 0 Å². The van der Waals surface area contributed by atoms with Crippen LogP contribution in [0.1, 0.15) is 42.7 Å². The van der Waals surface area contributed by atoms with Crippen molar-refractivity contribution in [3.63, 3.8) is 0 Å². The summed E-state index contributed by atoms with van der Waals surface area (Å²) >= 11 is 0. The van der Waals surface area contributed by atoms with Gasteiger partial charge in [0, 0.05) is 27.3 Å². The first-order valence-electron chi connectivity index (χ1n) is 10.8. The Morgan fingerprint density at radius 1 is 0.839 bits per heavy atom. The minimum atomic E-state index is -0.759. The van der Waals surface area contributed by atoms with Gasteiger partial charge in [-0.15, -0.1) is 0 Å². The zero-order valence-electron chi connectivity index (χ0n) is 17.2. The molecule has 0 heterocycles. The van der Waals surface area contributed by atoms with E-state index in [0.717, 1.165) is 40.1 Å². The normalized spacial score (nSPS) is 21.4. The van der Waals surface area contributed by atoms with Crippen molar-refractivity contribution in [1.82, 2.24) is 0 Å². The van der Waals surface area contributed by atoms with E-state index in [4.69, 9.17) is 9.47 Å². The van der Waals surface area contributed by atoms with Crippen molar-refractivity contribution in [2.75, 3.05) is 0 Å². The second-order valence-electron chi connectivity index (χ2n) is 8.73. The molecule has 6 rings (SSSR count). The molecule has 0 amide bonds. The van der Waals surface area contributed by atoms with Gasteiger partial charge in [0.2, 0.25) is 0 Å². The highest BCUT2D eigenvalue weighted by Gasteiger charge is 2.46. The lowest BCUT2D eigenvalue weighted by Crippen LogP contribution is -2.17. The second-order valence-corrected chi connectivity index (χ2v) is 8.73. The van der Waals surface area contributed by atoms with Crippen molar-refractivity contribution in [2.24, 2.45) is 5.92 Å². The number of phenolic OH excluding ortho intramolecular Hbond substituents is 1. The molecular weight excluding hydrogens is 388 g/mol. The molecule has 0 aliphatic heterocycles. The summed E-state index contributed by atoms with van der Waals surface area (Å²) in [5, 5.41) is 14.4. The van der Waals surface area contributed by atoms with Gasteiger partial charge in [0.25, 0.3) is 0 Å². The van der Waals surface area contributed by atoms with Crippen LogP contribution in [-0.4, -0.2) is 11.3 Å². The summed E-state index contributed by atoms with van der Waals surface area (Å²) in [7, 11) is 0. The average Bonchev–Trinajstić information content (AvgIpc) is 3.34. The molecule has 4 aromatic rings. The largest absolute Gasteiger partial charge is 0.519 e. The average molecular weight is 410 g/mol. The molecule has 2 aliphatic rings. The van der Waals surface area contributed by atoms with E-state index in [-0.39, 0.29) is 0 Å². The molecule has 154 valence electrons. The van der Waals surface area contributed by atoms with Crippen LogP contribution in [0.3, 0.4) is 0 Å². The van der Waals surface area contributed by atoms with Gasteiger partial charge < -0.3 is 14.6 Å². The number of carbonyl (C=O) groups is 1. The Morgan fingerprint density at radius 2 is 1.55 bits per heavy atom. The quantitative estimate of drug-likeness (QED) is 0.289. The number of rotatable bonds is 2. The van der Waals surface area contributed by atoms with Crippen molar-refractivity contribution in [3.8, 4) is 17.2 Å². The van der Waals surface area contributed by atoms with Crippen LogP contribution in [0.4, 0.5) is 4.79 Å². The Kier molecular flexibility index (Phi) is 3.97. The number of hydrogen-bond acceptors (Lipinski definition) is 4. The number of phenols is 1. The summed E-state index contributed by atoms with van der Waals surface area (Å²) in [6.45, 7) is 2.23. The fourth-order valence-electron chi connectivity index (χ4n) is 5.68. The molecule has 31 heavy (non-hydrogen) atoms. The lowest BCUT2D eigenvalue weighted by atomic mass is 9.82. The number of hydrogen-bond donors (Lipinski definition) is 1. The van der Waals surface area contributed by atoms with Gasteiger partial charge in [-0.25, -0.2) is 4.79 Å². The second kappa shape index (κ2) is 6.74. The van der Waals surface area contributed by atoms with Crippen LogP contribution in [0.5, 0.6) is 17.2 Å². The minimum Gasteiger partial charge on any atom is -0.507 e. The summed E-state index contributed by atoms with van der Waals surface area (Å²) in [4.78, 5) is 12.9. The molecule has 4 heteroatoms. The van der Waals surface area contributed by atoms with Crippen molar-refractivity contribution in [1.29, 1.82) is 0 Å². The van der Waals surface area contributed by atoms with Crippen molar-refractivity contribution >= 4 is 27.7 Å². The number of ether oxygens (including phenoxy) is 2. The van der Waals surface area contributed by atoms with E-state index in [2.05, 4.69) is 6.92 Å². The molecule has 0 spiro atoms. The van der Waals surface area contributed by atoms with E-state index in [1.165, 1.54) is 0 Å². The predicted octanol–water partition coefficient (Wildman–Crippen LogP) is 6.89. The molecular formula is C27H22O4. The lowest BCUT2D eigenvalue weighted by Gasteiger charge is -2.25. The first-order chi connectivity index (χ1) is 15.1. The van der Waals surface area contributed by atoms with Crippen LogP contribution in [0, 0.1) is 5.92 Å². The summed E-state index contributed by atoms with van der Waals surface area (Å²) in [5.41, 5.74) is 1.93. The molecule has 4 aromatic carbocycles. The summed E-state index contributed by atoms with van der Waals surface area (Å²) < 4.78 is 11.5. The molecule has 3 atom stereocenters. The Labute approximate surface area is 180 Å². The SMILES string of the molecule is CC1CC2CC1c1c2c(OC(=O)Oc2cccc3ccccc23)c2ccccc2c1O. The fourth-order valence-corrected chi connectivity index (χ4v) is 5.68. The highest BCUT2D eigenvalue weighted by Crippen LogP contribution is 2.62. The first kappa shape index (κ1) is 18.3. The third-order valence-corrected chi connectivity index (χ3v) is 7.01. The van der Waals surface area contributed by atoms with Crippen LogP contribution < -0.4 is 9.47 Å². The number of fused-ring (bicyclic) bond motifs is 7. The lowest BCUT2D eigenvalue weighted by molar-refractivity contribution is 0.152. The molecule has 1 N–H and O–H groups in total. The predicted molar refractivity (Wildman–Crippen MR) is 120 cm³/mol. The van der Waals surface area contributed by atoms with Crippen LogP contribution in [0.25, 0.3) is 21.5 Å². The molecule has 4 nitrogen and oxygen atoms in total. The van der Waals surface area contributed by atoms with Crippen LogP contribution >= 0.6 is 0 Å². The zero-order chi connectivity index (χ0) is 21.1. The standard InChI is InChI=1S/C27H22O4/c1-15-13-17-14-21(15)24-23(17)26(20-11-5-4-10-19(20)25(24)28)31-27(29)30-22-12-6-8-16-7-2-3-9-18(16)22/h2-12,15,17,21,28H,13-14H2,1H3. The summed E-state index contributed by atoms with van der Waals surface area (Å²) in [5.74, 6) is 2.46. The third kappa shape index (κ3) is 2.71. The van der Waals surface area contributed by atoms with E-state index in [0.29, 0.717) is 40.4 Å². The molecule has 1 fully saturated rings. The summed E-state index contributed by atoms with van der Waals surface area (Å²) in [6.07, 6.45) is 1.28. The molecule has 3 unspecified atom stereocenters. The van der Waals surface area contributed by atoms with Gasteiger partial charge in [-0.2, -0.15) is 0 Å². The van der Waals surface area contributed by atoms with Gasteiger partial charge >= 0.3 is 6.16 Å². The molecule has 2 aliphatic carbocycles. The van der Waals surface area contributed by atoms with Crippen LogP contribution in [-0.2, 0) is 0 Å². The third-order valence-electron chi connectivity index (χ3n) is 7.01. The van der Waals surface area contributed by atoms with Crippen molar-refractivity contribution in [2.45, 2.75) is 31.6 Å². The van der Waals surface area contributed by atoms with Crippen LogP contribution in [0.15, 0.2) is 66.7 Å². The Morgan fingerprint density at radius 3 is 2.39 bits per heavy atom. The topological polar surface area (TPSA) is 55.8 Å². The number of aromatic hydroxyl groups is 1. The molecule has 0 aromatic heterocycles. The van der Waals surface area contributed by atoms with Gasteiger partial charge in [-0.1, -0.05) is 67.6 Å². The van der Waals surface area contributed by atoms with Gasteiger partial charge in [0.05, 0.1) is 0 Å². The fraction of sp³-hybridized carbons (Fsp3) is 0.222. The molecule has 0 radical (unpaired) electrons. The maximum Gasteiger partial charge on any atom is 0.519 e. The number of benzene rings is 4. The molecule has 2 bridgehead atoms. The van der Waals surface area contributed by atoms with Crippen LogP contribution in [0.2, 0.25) is 0 Å². The van der Waals surface area contributed by atoms with Crippen molar-refractivity contribution in [3.05, 3.63) is 77.9 Å². The van der Waals surface area contributed by atoms with E-state index in [1.807, 2.05) is 60.7 Å². The van der Waals surface area contributed by atoms with E-state index >= 15 is 0 Å². The highest BCUT2D eigenvalue weighted by molar-refractivity contribution is 5.98. The highest BCUT2D eigenvalue weighted by atomic mass is 16.7. The smallest absolute Gasteiger partial charge is 0.507 e. The monoisotopic (exact) mass is 410 g/mol. The van der Waals surface area contributed by atoms with Gasteiger partial charge in [-0.05, 0) is 42.0 Å².